The van der Waals surface area contributed by atoms with Gasteiger partial charge in [-0.15, -0.1) is 0 Å². The van der Waals surface area contributed by atoms with Gasteiger partial charge >= 0.3 is 0 Å². The summed E-state index contributed by atoms with van der Waals surface area (Å²) in [5.41, 5.74) is 8.73. The van der Waals surface area contributed by atoms with E-state index in [0.717, 1.165) is 5.69 Å². The monoisotopic (exact) mass is 236 g/mol. The molecule has 2 amide bonds. The lowest BCUT2D eigenvalue weighted by molar-refractivity contribution is -0.118. The molecule has 92 valence electrons. The quantitative estimate of drug-likeness (QED) is 0.316. The third-order valence-corrected chi connectivity index (χ3v) is 2.20. The number of anilines is 1. The van der Waals surface area contributed by atoms with Gasteiger partial charge in [-0.1, -0.05) is 0 Å². The molecule has 0 heterocycles. The highest BCUT2D eigenvalue weighted by Crippen LogP contribution is 2.07. The van der Waals surface area contributed by atoms with Crippen LogP contribution in [0.4, 0.5) is 5.69 Å². The molecule has 0 saturated carbocycles. The van der Waals surface area contributed by atoms with Crippen molar-refractivity contribution in [3.05, 3.63) is 29.8 Å². The summed E-state index contributed by atoms with van der Waals surface area (Å²) in [5.74, 6) is 4.66. The van der Waals surface area contributed by atoms with E-state index in [1.165, 1.54) is 0 Å². The average molecular weight is 236 g/mol. The van der Waals surface area contributed by atoms with Crippen molar-refractivity contribution in [2.45, 2.75) is 12.8 Å². The second-order valence-electron chi connectivity index (χ2n) is 3.55. The zero-order chi connectivity index (χ0) is 12.7. The lowest BCUT2D eigenvalue weighted by atomic mass is 10.2. The first-order valence-corrected chi connectivity index (χ1v) is 5.26. The number of hydrogen-bond acceptors (Lipinski definition) is 4. The van der Waals surface area contributed by atoms with Gasteiger partial charge in [0.2, 0.25) is 5.91 Å². The van der Waals surface area contributed by atoms with Gasteiger partial charge in [0.25, 0.3) is 5.91 Å². The molecule has 0 saturated heterocycles. The second-order valence-corrected chi connectivity index (χ2v) is 3.55. The zero-order valence-corrected chi connectivity index (χ0v) is 9.40. The Bertz CT molecular complexity index is 389. The molecule has 6 heteroatoms. The molecule has 1 aromatic carbocycles. The number of hydrogen-bond donors (Lipinski definition) is 4. The van der Waals surface area contributed by atoms with Crippen LogP contribution in [0.5, 0.6) is 0 Å². The molecule has 0 unspecified atom stereocenters. The summed E-state index contributed by atoms with van der Waals surface area (Å²) in [5, 5.41) is 2.69. The van der Waals surface area contributed by atoms with Crippen LogP contribution < -0.4 is 22.3 Å². The van der Waals surface area contributed by atoms with Crippen molar-refractivity contribution in [1.82, 2.24) is 5.32 Å². The average Bonchev–Trinajstić information content (AvgIpc) is 2.34. The summed E-state index contributed by atoms with van der Waals surface area (Å²) >= 11 is 0. The SMILES string of the molecule is NNc1ccc(C(=O)NCCCC(N)=O)cc1. The van der Waals surface area contributed by atoms with Gasteiger partial charge in [0.05, 0.1) is 0 Å². The number of amides is 2. The number of rotatable bonds is 6. The number of primary amides is 1. The van der Waals surface area contributed by atoms with Crippen molar-refractivity contribution in [2.75, 3.05) is 12.0 Å². The molecule has 0 aliphatic carbocycles. The molecule has 17 heavy (non-hydrogen) atoms. The molecular weight excluding hydrogens is 220 g/mol. The molecule has 0 bridgehead atoms. The molecule has 1 aromatic rings. The molecule has 0 radical (unpaired) electrons. The van der Waals surface area contributed by atoms with Crippen molar-refractivity contribution in [3.8, 4) is 0 Å². The van der Waals surface area contributed by atoms with Crippen molar-refractivity contribution in [3.63, 3.8) is 0 Å². The first-order valence-electron chi connectivity index (χ1n) is 5.26. The van der Waals surface area contributed by atoms with Crippen LogP contribution in [0.2, 0.25) is 0 Å². The van der Waals surface area contributed by atoms with Crippen LogP contribution in [0.25, 0.3) is 0 Å². The molecule has 0 atom stereocenters. The van der Waals surface area contributed by atoms with Gasteiger partial charge in [0, 0.05) is 24.2 Å². The highest BCUT2D eigenvalue weighted by molar-refractivity contribution is 5.94. The van der Waals surface area contributed by atoms with E-state index in [-0.39, 0.29) is 18.2 Å². The van der Waals surface area contributed by atoms with E-state index in [0.29, 0.717) is 18.5 Å². The van der Waals surface area contributed by atoms with Crippen LogP contribution in [-0.4, -0.2) is 18.4 Å². The molecular formula is C11H16N4O2. The molecule has 0 aromatic heterocycles. The summed E-state index contributed by atoms with van der Waals surface area (Å²) < 4.78 is 0. The van der Waals surface area contributed by atoms with Crippen LogP contribution in [-0.2, 0) is 4.79 Å². The fourth-order valence-electron chi connectivity index (χ4n) is 1.28. The lowest BCUT2D eigenvalue weighted by Crippen LogP contribution is -2.25. The van der Waals surface area contributed by atoms with E-state index in [4.69, 9.17) is 11.6 Å². The Morgan fingerprint density at radius 2 is 1.82 bits per heavy atom. The maximum atomic E-state index is 11.6. The van der Waals surface area contributed by atoms with E-state index in [1.807, 2.05) is 0 Å². The lowest BCUT2D eigenvalue weighted by Gasteiger charge is -2.05. The van der Waals surface area contributed by atoms with E-state index in [1.54, 1.807) is 24.3 Å². The fourth-order valence-corrected chi connectivity index (χ4v) is 1.28. The van der Waals surface area contributed by atoms with Crippen molar-refractivity contribution in [1.29, 1.82) is 0 Å². The minimum atomic E-state index is -0.363. The standard InChI is InChI=1S/C11H16N4O2/c12-10(16)2-1-7-14-11(17)8-3-5-9(15-13)6-4-8/h3-6,15H,1-2,7,13H2,(H2,12,16)(H,14,17). The number of nitrogen functional groups attached to an aromatic ring is 1. The number of carbonyl (C=O) groups is 2. The normalized spacial score (nSPS) is 9.71. The third-order valence-electron chi connectivity index (χ3n) is 2.20. The maximum Gasteiger partial charge on any atom is 0.251 e. The molecule has 1 rings (SSSR count). The molecule has 0 spiro atoms. The number of benzene rings is 1. The Morgan fingerprint density at radius 3 is 2.35 bits per heavy atom. The third kappa shape index (κ3) is 4.52. The first-order chi connectivity index (χ1) is 8.13. The Hall–Kier alpha value is -2.08. The number of hydrazine groups is 1. The number of nitrogens with two attached hydrogens (primary N) is 2. The summed E-state index contributed by atoms with van der Waals surface area (Å²) in [7, 11) is 0. The summed E-state index contributed by atoms with van der Waals surface area (Å²) in [6.45, 7) is 0.429. The summed E-state index contributed by atoms with van der Waals surface area (Å²) in [4.78, 5) is 22.1. The summed E-state index contributed by atoms with van der Waals surface area (Å²) in [6.07, 6.45) is 0.819. The Balaban J connectivity index is 2.38. The topological polar surface area (TPSA) is 110 Å². The van der Waals surface area contributed by atoms with Gasteiger partial charge < -0.3 is 16.5 Å². The van der Waals surface area contributed by atoms with Gasteiger partial charge in [-0.25, -0.2) is 0 Å². The van der Waals surface area contributed by atoms with E-state index < -0.39 is 0 Å². The van der Waals surface area contributed by atoms with Crippen LogP contribution in [0.3, 0.4) is 0 Å². The maximum absolute atomic E-state index is 11.6. The van der Waals surface area contributed by atoms with E-state index in [2.05, 4.69) is 10.7 Å². The summed E-state index contributed by atoms with van der Waals surface area (Å²) in [6, 6.07) is 6.74. The van der Waals surface area contributed by atoms with E-state index in [9.17, 15) is 9.59 Å². The van der Waals surface area contributed by atoms with Crippen LogP contribution >= 0.6 is 0 Å². The minimum absolute atomic E-state index is 0.182. The Labute approximate surface area is 99.3 Å². The predicted octanol–water partition coefficient (Wildman–Crippen LogP) is -0.0325. The largest absolute Gasteiger partial charge is 0.370 e. The van der Waals surface area contributed by atoms with Crippen LogP contribution in [0, 0.1) is 0 Å². The highest BCUT2D eigenvalue weighted by atomic mass is 16.2. The number of nitrogens with one attached hydrogen (secondary N) is 2. The fraction of sp³-hybridized carbons (Fsp3) is 0.273. The number of carbonyl (C=O) groups excluding carboxylic acids is 2. The molecule has 6 nitrogen and oxygen atoms in total. The van der Waals surface area contributed by atoms with Crippen molar-refractivity contribution in [2.24, 2.45) is 11.6 Å². The van der Waals surface area contributed by atoms with Crippen molar-refractivity contribution < 1.29 is 9.59 Å². The smallest absolute Gasteiger partial charge is 0.251 e. The van der Waals surface area contributed by atoms with Crippen LogP contribution in [0.1, 0.15) is 23.2 Å². The predicted molar refractivity (Wildman–Crippen MR) is 65.0 cm³/mol. The second kappa shape index (κ2) is 6.49. The molecule has 0 fully saturated rings. The van der Waals surface area contributed by atoms with Crippen molar-refractivity contribution >= 4 is 17.5 Å². The van der Waals surface area contributed by atoms with E-state index >= 15 is 0 Å². The van der Waals surface area contributed by atoms with Crippen LogP contribution in [0.15, 0.2) is 24.3 Å². The van der Waals surface area contributed by atoms with Gasteiger partial charge in [-0.05, 0) is 30.7 Å². The zero-order valence-electron chi connectivity index (χ0n) is 9.40. The minimum Gasteiger partial charge on any atom is -0.370 e. The van der Waals surface area contributed by atoms with Gasteiger partial charge in [-0.3, -0.25) is 15.4 Å². The Morgan fingerprint density at radius 1 is 1.18 bits per heavy atom. The first kappa shape index (κ1) is 13.0. The van der Waals surface area contributed by atoms with Gasteiger partial charge in [-0.2, -0.15) is 0 Å². The van der Waals surface area contributed by atoms with Gasteiger partial charge in [0.15, 0.2) is 0 Å². The molecule has 0 aliphatic rings. The van der Waals surface area contributed by atoms with Gasteiger partial charge in [0.1, 0.15) is 0 Å². The molecule has 6 N–H and O–H groups in total. The Kier molecular flexibility index (Phi) is 4.96. The molecule has 0 aliphatic heterocycles. The highest BCUT2D eigenvalue weighted by Gasteiger charge is 2.04.